The highest BCUT2D eigenvalue weighted by atomic mass is 35.5. The molecule has 5 nitrogen and oxygen atoms in total. The fraction of sp³-hybridized carbons (Fsp3) is 0.190. The Labute approximate surface area is 172 Å². The van der Waals surface area contributed by atoms with E-state index in [0.717, 1.165) is 5.56 Å². The molecule has 0 saturated carbocycles. The van der Waals surface area contributed by atoms with Crippen molar-refractivity contribution in [3.63, 3.8) is 0 Å². The van der Waals surface area contributed by atoms with Gasteiger partial charge in [0.15, 0.2) is 0 Å². The fourth-order valence-corrected chi connectivity index (χ4v) is 3.26. The number of carbonyl (C=O) groups is 1. The first-order chi connectivity index (χ1) is 13.4. The minimum atomic E-state index is -0.373. The van der Waals surface area contributed by atoms with Crippen LogP contribution in [-0.4, -0.2) is 15.5 Å². The minimum Gasteiger partial charge on any atom is -0.323 e. The Bertz CT molecular complexity index is 1090. The van der Waals surface area contributed by atoms with Crippen molar-refractivity contribution in [3.05, 3.63) is 80.2 Å². The van der Waals surface area contributed by atoms with Crippen molar-refractivity contribution >= 4 is 34.8 Å². The highest BCUT2D eigenvalue weighted by molar-refractivity contribution is 6.33. The molecule has 28 heavy (non-hydrogen) atoms. The van der Waals surface area contributed by atoms with E-state index >= 15 is 0 Å². The smallest absolute Gasteiger partial charge is 0.254 e. The van der Waals surface area contributed by atoms with Crippen LogP contribution in [0.2, 0.25) is 10.0 Å². The number of anilines is 1. The largest absolute Gasteiger partial charge is 0.323 e. The first-order valence-electron chi connectivity index (χ1n) is 8.80. The van der Waals surface area contributed by atoms with E-state index < -0.39 is 0 Å². The van der Waals surface area contributed by atoms with Crippen LogP contribution in [0.25, 0.3) is 11.4 Å². The summed E-state index contributed by atoms with van der Waals surface area (Å²) in [4.78, 5) is 29.8. The molecule has 0 bridgehead atoms. The van der Waals surface area contributed by atoms with Gasteiger partial charge in [0.1, 0.15) is 12.4 Å². The van der Waals surface area contributed by atoms with E-state index in [2.05, 4.69) is 10.3 Å². The Morgan fingerprint density at radius 1 is 1.14 bits per heavy atom. The van der Waals surface area contributed by atoms with Gasteiger partial charge in [-0.05, 0) is 43.2 Å². The van der Waals surface area contributed by atoms with Crippen molar-refractivity contribution in [1.29, 1.82) is 0 Å². The van der Waals surface area contributed by atoms with Gasteiger partial charge in [0.05, 0.1) is 10.7 Å². The van der Waals surface area contributed by atoms with E-state index in [1.807, 2.05) is 19.9 Å². The molecular formula is C21H19Cl2N3O2. The molecule has 1 heterocycles. The third-order valence-electron chi connectivity index (χ3n) is 4.21. The molecule has 3 aromatic rings. The Kier molecular flexibility index (Phi) is 6.17. The number of nitrogens with zero attached hydrogens (tertiary/aromatic N) is 2. The van der Waals surface area contributed by atoms with Crippen molar-refractivity contribution in [2.45, 2.75) is 26.8 Å². The maximum Gasteiger partial charge on any atom is 0.254 e. The van der Waals surface area contributed by atoms with Crippen LogP contribution in [-0.2, 0) is 17.8 Å². The second kappa shape index (κ2) is 8.59. The minimum absolute atomic E-state index is 0.193. The molecule has 0 aliphatic carbocycles. The van der Waals surface area contributed by atoms with E-state index in [1.165, 1.54) is 10.6 Å². The maximum atomic E-state index is 12.7. The van der Waals surface area contributed by atoms with Crippen molar-refractivity contribution in [1.82, 2.24) is 9.55 Å². The lowest BCUT2D eigenvalue weighted by atomic mass is 10.2. The molecular weight excluding hydrogens is 397 g/mol. The highest BCUT2D eigenvalue weighted by Gasteiger charge is 2.15. The number of aryl methyl sites for hydroxylation is 2. The standard InChI is InChI=1S/C21H19Cl2N3O2/c1-3-16-11-20(28)26(21(24-16)14-5-4-6-15(22)10-14)12-19(27)25-18-8-7-13(2)9-17(18)23/h4-11H,3,12H2,1-2H3,(H,25,27). The molecule has 0 saturated heterocycles. The van der Waals surface area contributed by atoms with Crippen LogP contribution in [0, 0.1) is 6.92 Å². The molecule has 0 fully saturated rings. The number of halogens is 2. The molecule has 1 amide bonds. The molecule has 1 aromatic heterocycles. The summed E-state index contributed by atoms with van der Waals surface area (Å²) in [6.45, 7) is 3.64. The molecule has 2 aromatic carbocycles. The zero-order valence-corrected chi connectivity index (χ0v) is 17.0. The normalized spacial score (nSPS) is 10.7. The average molecular weight is 416 g/mol. The van der Waals surface area contributed by atoms with Gasteiger partial charge in [-0.2, -0.15) is 0 Å². The molecule has 1 N–H and O–H groups in total. The van der Waals surface area contributed by atoms with Crippen LogP contribution >= 0.6 is 23.2 Å². The third kappa shape index (κ3) is 4.61. The summed E-state index contributed by atoms with van der Waals surface area (Å²) < 4.78 is 1.34. The number of amides is 1. The van der Waals surface area contributed by atoms with Crippen molar-refractivity contribution in [2.75, 3.05) is 5.32 Å². The van der Waals surface area contributed by atoms with Gasteiger partial charge < -0.3 is 5.32 Å². The monoisotopic (exact) mass is 415 g/mol. The van der Waals surface area contributed by atoms with E-state index in [1.54, 1.807) is 36.4 Å². The van der Waals surface area contributed by atoms with Crippen LogP contribution in [0.5, 0.6) is 0 Å². The molecule has 0 aliphatic rings. The number of hydrogen-bond donors (Lipinski definition) is 1. The summed E-state index contributed by atoms with van der Waals surface area (Å²) >= 11 is 12.3. The molecule has 0 radical (unpaired) electrons. The topological polar surface area (TPSA) is 64.0 Å². The van der Waals surface area contributed by atoms with Crippen LogP contribution in [0.3, 0.4) is 0 Å². The van der Waals surface area contributed by atoms with E-state index in [-0.39, 0.29) is 18.0 Å². The summed E-state index contributed by atoms with van der Waals surface area (Å²) in [6, 6.07) is 13.8. The SMILES string of the molecule is CCc1cc(=O)n(CC(=O)Nc2ccc(C)cc2Cl)c(-c2cccc(Cl)c2)n1. The van der Waals surface area contributed by atoms with Gasteiger partial charge in [0.2, 0.25) is 5.91 Å². The van der Waals surface area contributed by atoms with Crippen molar-refractivity contribution in [2.24, 2.45) is 0 Å². The third-order valence-corrected chi connectivity index (χ3v) is 4.75. The fourth-order valence-electron chi connectivity index (χ4n) is 2.79. The number of aromatic nitrogens is 2. The lowest BCUT2D eigenvalue weighted by Crippen LogP contribution is -2.30. The van der Waals surface area contributed by atoms with Crippen LogP contribution in [0.4, 0.5) is 5.69 Å². The van der Waals surface area contributed by atoms with E-state index in [4.69, 9.17) is 23.2 Å². The summed E-state index contributed by atoms with van der Waals surface area (Å²) in [7, 11) is 0. The quantitative estimate of drug-likeness (QED) is 0.654. The van der Waals surface area contributed by atoms with E-state index in [0.29, 0.717) is 39.2 Å². The number of benzene rings is 2. The Hall–Kier alpha value is -2.63. The molecule has 0 atom stereocenters. The molecule has 3 rings (SSSR count). The van der Waals surface area contributed by atoms with Crippen molar-refractivity contribution < 1.29 is 4.79 Å². The van der Waals surface area contributed by atoms with Gasteiger partial charge >= 0.3 is 0 Å². The van der Waals surface area contributed by atoms with Crippen LogP contribution in [0.1, 0.15) is 18.2 Å². The van der Waals surface area contributed by atoms with Gasteiger partial charge in [-0.15, -0.1) is 0 Å². The number of nitrogens with one attached hydrogen (secondary N) is 1. The summed E-state index contributed by atoms with van der Waals surface area (Å²) in [5.74, 6) is 0.0270. The predicted octanol–water partition coefficient (Wildman–Crippen LogP) is 4.73. The summed E-state index contributed by atoms with van der Waals surface area (Å²) in [5, 5.41) is 3.71. The molecule has 0 unspecified atom stereocenters. The second-order valence-corrected chi connectivity index (χ2v) is 7.23. The Morgan fingerprint density at radius 2 is 1.93 bits per heavy atom. The Morgan fingerprint density at radius 3 is 2.61 bits per heavy atom. The molecule has 0 spiro atoms. The summed E-state index contributed by atoms with van der Waals surface area (Å²) in [6.07, 6.45) is 0.606. The zero-order valence-electron chi connectivity index (χ0n) is 15.5. The first-order valence-corrected chi connectivity index (χ1v) is 9.55. The number of rotatable bonds is 5. The summed E-state index contributed by atoms with van der Waals surface area (Å²) in [5.41, 5.74) is 2.50. The lowest BCUT2D eigenvalue weighted by Gasteiger charge is -2.14. The predicted molar refractivity (Wildman–Crippen MR) is 113 cm³/mol. The van der Waals surface area contributed by atoms with Gasteiger partial charge in [0.25, 0.3) is 5.56 Å². The lowest BCUT2D eigenvalue weighted by molar-refractivity contribution is -0.116. The molecule has 7 heteroatoms. The van der Waals surface area contributed by atoms with Crippen LogP contribution < -0.4 is 10.9 Å². The van der Waals surface area contributed by atoms with Gasteiger partial charge in [-0.25, -0.2) is 4.98 Å². The first kappa shape index (κ1) is 20.1. The molecule has 0 aliphatic heterocycles. The van der Waals surface area contributed by atoms with E-state index in [9.17, 15) is 9.59 Å². The van der Waals surface area contributed by atoms with Crippen molar-refractivity contribution in [3.8, 4) is 11.4 Å². The number of carbonyl (C=O) groups excluding carboxylic acids is 1. The highest BCUT2D eigenvalue weighted by Crippen LogP contribution is 2.23. The average Bonchev–Trinajstić information content (AvgIpc) is 2.65. The van der Waals surface area contributed by atoms with Gasteiger partial charge in [-0.3, -0.25) is 14.2 Å². The molecule has 144 valence electrons. The number of hydrogen-bond acceptors (Lipinski definition) is 3. The zero-order chi connectivity index (χ0) is 20.3. The van der Waals surface area contributed by atoms with Gasteiger partial charge in [0, 0.05) is 22.3 Å². The van der Waals surface area contributed by atoms with Gasteiger partial charge in [-0.1, -0.05) is 48.3 Å². The second-order valence-electron chi connectivity index (χ2n) is 6.39. The van der Waals surface area contributed by atoms with Crippen LogP contribution in [0.15, 0.2) is 53.3 Å². The maximum absolute atomic E-state index is 12.7. The Balaban J connectivity index is 1.96.